The molecule has 3 N–H and O–H groups in total. The second-order valence-corrected chi connectivity index (χ2v) is 7.21. The molecule has 0 radical (unpaired) electrons. The van der Waals surface area contributed by atoms with Crippen molar-refractivity contribution in [3.63, 3.8) is 0 Å². The molecule has 10 heteroatoms. The lowest BCUT2D eigenvalue weighted by molar-refractivity contribution is -0.136. The highest BCUT2D eigenvalue weighted by molar-refractivity contribution is 6.40. The summed E-state index contributed by atoms with van der Waals surface area (Å²) in [6.45, 7) is 0.145. The predicted octanol–water partition coefficient (Wildman–Crippen LogP) is 3.41. The number of carbonyl (C=O) groups is 3. The van der Waals surface area contributed by atoms with Crippen molar-refractivity contribution in [2.45, 2.75) is 0 Å². The number of carbonyl (C=O) groups excluding carboxylic acids is 3. The molecule has 3 amide bonds. The van der Waals surface area contributed by atoms with Crippen LogP contribution in [0.4, 0.5) is 11.4 Å². The molecule has 4 rings (SSSR count). The Morgan fingerprint density at radius 3 is 2.45 bits per heavy atom. The number of nitrogens with zero attached hydrogens (tertiary/aromatic N) is 1. The van der Waals surface area contributed by atoms with E-state index in [1.807, 2.05) is 0 Å². The quantitative estimate of drug-likeness (QED) is 0.304. The average molecular weight is 465 g/mol. The number of nitrogens with one attached hydrogen (secondary N) is 3. The van der Waals surface area contributed by atoms with Crippen LogP contribution in [0.1, 0.15) is 15.9 Å². The summed E-state index contributed by atoms with van der Waals surface area (Å²) in [5, 5.41) is 9.45. The van der Waals surface area contributed by atoms with Crippen molar-refractivity contribution in [2.24, 2.45) is 5.10 Å². The van der Waals surface area contributed by atoms with Crippen LogP contribution in [-0.4, -0.2) is 30.7 Å². The van der Waals surface area contributed by atoms with Crippen LogP contribution >= 0.6 is 11.6 Å². The van der Waals surface area contributed by atoms with Crippen LogP contribution in [0.3, 0.4) is 0 Å². The topological polar surface area (TPSA) is 118 Å². The van der Waals surface area contributed by atoms with Gasteiger partial charge < -0.3 is 20.1 Å². The van der Waals surface area contributed by atoms with Gasteiger partial charge in [-0.25, -0.2) is 5.43 Å². The summed E-state index contributed by atoms with van der Waals surface area (Å²) >= 11 is 5.85. The third kappa shape index (κ3) is 5.46. The van der Waals surface area contributed by atoms with E-state index in [1.54, 1.807) is 54.6 Å². The van der Waals surface area contributed by atoms with Crippen molar-refractivity contribution in [1.82, 2.24) is 5.43 Å². The van der Waals surface area contributed by atoms with Gasteiger partial charge in [0.1, 0.15) is 0 Å². The first-order chi connectivity index (χ1) is 16.0. The normalized spacial score (nSPS) is 11.8. The minimum absolute atomic E-state index is 0.145. The molecule has 0 aromatic heterocycles. The summed E-state index contributed by atoms with van der Waals surface area (Å²) in [7, 11) is 0. The maximum absolute atomic E-state index is 12.6. The summed E-state index contributed by atoms with van der Waals surface area (Å²) in [6, 6.07) is 18.0. The molecular formula is C23H17ClN4O5. The lowest BCUT2D eigenvalue weighted by Crippen LogP contribution is -2.33. The molecule has 0 spiro atoms. The number of amides is 3. The summed E-state index contributed by atoms with van der Waals surface area (Å²) in [4.78, 5) is 37.1. The molecule has 0 saturated heterocycles. The Kier molecular flexibility index (Phi) is 6.51. The van der Waals surface area contributed by atoms with E-state index in [0.717, 1.165) is 0 Å². The summed E-state index contributed by atoms with van der Waals surface area (Å²) in [5.41, 5.74) is 3.67. The number of rotatable bonds is 5. The lowest BCUT2D eigenvalue weighted by atomic mass is 10.1. The number of para-hydroxylation sites is 1. The Hall–Kier alpha value is -4.37. The largest absolute Gasteiger partial charge is 0.454 e. The highest BCUT2D eigenvalue weighted by Gasteiger charge is 2.18. The molecule has 166 valence electrons. The highest BCUT2D eigenvalue weighted by Crippen LogP contribution is 2.31. The van der Waals surface area contributed by atoms with Gasteiger partial charge in [0.2, 0.25) is 6.79 Å². The van der Waals surface area contributed by atoms with E-state index < -0.39 is 17.7 Å². The number of ether oxygens (including phenoxy) is 2. The Morgan fingerprint density at radius 1 is 0.879 bits per heavy atom. The van der Waals surface area contributed by atoms with E-state index in [9.17, 15) is 14.4 Å². The maximum atomic E-state index is 12.6. The molecule has 0 unspecified atom stereocenters. The second kappa shape index (κ2) is 9.84. The van der Waals surface area contributed by atoms with Gasteiger partial charge in [-0.05, 0) is 60.2 Å². The number of halogens is 1. The molecule has 1 aliphatic heterocycles. The third-order valence-electron chi connectivity index (χ3n) is 4.50. The SMILES string of the molecule is O=C(NN=Cc1ccc2c(c1)OCO2)C(=O)Nc1ccccc1C(=O)Nc1ccc(Cl)cc1. The molecule has 0 atom stereocenters. The van der Waals surface area contributed by atoms with Gasteiger partial charge in [-0.3, -0.25) is 14.4 Å². The molecule has 0 bridgehead atoms. The number of hydrogen-bond donors (Lipinski definition) is 3. The van der Waals surface area contributed by atoms with Gasteiger partial charge in [-0.2, -0.15) is 5.10 Å². The van der Waals surface area contributed by atoms with Crippen LogP contribution in [0.15, 0.2) is 71.8 Å². The monoisotopic (exact) mass is 464 g/mol. The minimum Gasteiger partial charge on any atom is -0.454 e. The summed E-state index contributed by atoms with van der Waals surface area (Å²) < 4.78 is 10.5. The van der Waals surface area contributed by atoms with Crippen LogP contribution in [0.25, 0.3) is 0 Å². The first-order valence-electron chi connectivity index (χ1n) is 9.69. The fraction of sp³-hybridized carbons (Fsp3) is 0.0435. The van der Waals surface area contributed by atoms with Gasteiger partial charge in [0.25, 0.3) is 5.91 Å². The number of hydrazone groups is 1. The van der Waals surface area contributed by atoms with E-state index in [2.05, 4.69) is 21.2 Å². The lowest BCUT2D eigenvalue weighted by Gasteiger charge is -2.11. The van der Waals surface area contributed by atoms with Crippen molar-refractivity contribution in [3.05, 3.63) is 82.9 Å². The molecule has 0 saturated carbocycles. The first kappa shape index (κ1) is 21.8. The highest BCUT2D eigenvalue weighted by atomic mass is 35.5. The number of hydrogen-bond acceptors (Lipinski definition) is 6. The molecule has 1 aliphatic rings. The van der Waals surface area contributed by atoms with Crippen LogP contribution in [0.2, 0.25) is 5.02 Å². The number of fused-ring (bicyclic) bond motifs is 1. The van der Waals surface area contributed by atoms with Gasteiger partial charge in [0, 0.05) is 10.7 Å². The van der Waals surface area contributed by atoms with Crippen molar-refractivity contribution in [2.75, 3.05) is 17.4 Å². The molecule has 33 heavy (non-hydrogen) atoms. The smallest absolute Gasteiger partial charge is 0.329 e. The predicted molar refractivity (Wildman–Crippen MR) is 123 cm³/mol. The Labute approximate surface area is 193 Å². The van der Waals surface area contributed by atoms with Gasteiger partial charge in [0.15, 0.2) is 11.5 Å². The fourth-order valence-corrected chi connectivity index (χ4v) is 3.04. The first-order valence-corrected chi connectivity index (χ1v) is 10.1. The zero-order valence-corrected chi connectivity index (χ0v) is 17.8. The minimum atomic E-state index is -1.00. The van der Waals surface area contributed by atoms with E-state index in [1.165, 1.54) is 18.3 Å². The van der Waals surface area contributed by atoms with Gasteiger partial charge in [-0.1, -0.05) is 23.7 Å². The Morgan fingerprint density at radius 2 is 1.64 bits per heavy atom. The standard InChI is InChI=1S/C23H17ClN4O5/c24-15-6-8-16(9-7-15)26-21(29)17-3-1-2-4-18(17)27-22(30)23(31)28-25-12-14-5-10-19-20(11-14)33-13-32-19/h1-12H,13H2,(H,26,29)(H,27,30)(H,28,31). The fourth-order valence-electron chi connectivity index (χ4n) is 2.91. The summed E-state index contributed by atoms with van der Waals surface area (Å²) in [5.74, 6) is -1.26. The Balaban J connectivity index is 1.37. The zero-order chi connectivity index (χ0) is 23.2. The van der Waals surface area contributed by atoms with Gasteiger partial charge >= 0.3 is 11.8 Å². The molecule has 9 nitrogen and oxygen atoms in total. The van der Waals surface area contributed by atoms with Gasteiger partial charge in [0.05, 0.1) is 17.5 Å². The molecule has 1 heterocycles. The van der Waals surface area contributed by atoms with E-state index >= 15 is 0 Å². The van der Waals surface area contributed by atoms with Crippen molar-refractivity contribution in [3.8, 4) is 11.5 Å². The summed E-state index contributed by atoms with van der Waals surface area (Å²) in [6.07, 6.45) is 1.36. The van der Waals surface area contributed by atoms with Gasteiger partial charge in [-0.15, -0.1) is 0 Å². The van der Waals surface area contributed by atoms with E-state index in [4.69, 9.17) is 21.1 Å². The number of anilines is 2. The van der Waals surface area contributed by atoms with Crippen molar-refractivity contribution in [1.29, 1.82) is 0 Å². The Bertz CT molecular complexity index is 1240. The van der Waals surface area contributed by atoms with Crippen LogP contribution in [0.5, 0.6) is 11.5 Å². The zero-order valence-electron chi connectivity index (χ0n) is 17.0. The van der Waals surface area contributed by atoms with E-state index in [-0.39, 0.29) is 18.0 Å². The van der Waals surface area contributed by atoms with Crippen molar-refractivity contribution >= 4 is 46.9 Å². The van der Waals surface area contributed by atoms with E-state index in [0.29, 0.717) is 27.8 Å². The van der Waals surface area contributed by atoms with Crippen molar-refractivity contribution < 1.29 is 23.9 Å². The second-order valence-electron chi connectivity index (χ2n) is 6.77. The molecule has 0 fully saturated rings. The third-order valence-corrected chi connectivity index (χ3v) is 4.76. The number of benzene rings is 3. The molecular weight excluding hydrogens is 448 g/mol. The average Bonchev–Trinajstić information content (AvgIpc) is 3.29. The van der Waals surface area contributed by atoms with Crippen LogP contribution in [0, 0.1) is 0 Å². The van der Waals surface area contributed by atoms with Crippen LogP contribution in [-0.2, 0) is 9.59 Å². The maximum Gasteiger partial charge on any atom is 0.329 e. The molecule has 0 aliphatic carbocycles. The van der Waals surface area contributed by atoms with Crippen LogP contribution < -0.4 is 25.5 Å². The molecule has 3 aromatic rings. The molecule has 3 aromatic carbocycles.